The summed E-state index contributed by atoms with van der Waals surface area (Å²) >= 11 is 0. The van der Waals surface area contributed by atoms with Crippen molar-refractivity contribution in [3.63, 3.8) is 0 Å². The van der Waals surface area contributed by atoms with Gasteiger partial charge in [-0.2, -0.15) is 0 Å². The molecule has 1 saturated heterocycles. The maximum atomic E-state index is 13.9. The number of carboxylic acids is 1. The van der Waals surface area contributed by atoms with Crippen LogP contribution < -0.4 is 5.32 Å². The Kier molecular flexibility index (Phi) is 4.73. The van der Waals surface area contributed by atoms with E-state index in [0.717, 1.165) is 12.1 Å². The Morgan fingerprint density at radius 3 is 2.95 bits per heavy atom. The Morgan fingerprint density at radius 1 is 1.60 bits per heavy atom. The summed E-state index contributed by atoms with van der Waals surface area (Å²) in [6, 6.07) is 4.55. The van der Waals surface area contributed by atoms with Gasteiger partial charge in [-0.1, -0.05) is 12.1 Å². The normalized spacial score (nSPS) is 21.6. The Labute approximate surface area is 118 Å². The van der Waals surface area contributed by atoms with Crippen LogP contribution >= 0.6 is 0 Å². The Balaban J connectivity index is 2.14. The zero-order valence-electron chi connectivity index (χ0n) is 11.9. The molecule has 1 fully saturated rings. The van der Waals surface area contributed by atoms with Crippen molar-refractivity contribution in [3.8, 4) is 0 Å². The van der Waals surface area contributed by atoms with Gasteiger partial charge in [-0.05, 0) is 31.0 Å². The highest BCUT2D eigenvalue weighted by molar-refractivity contribution is 5.74. The summed E-state index contributed by atoms with van der Waals surface area (Å²) < 4.78 is 13.9. The lowest BCUT2D eigenvalue weighted by molar-refractivity contribution is -0.143. The summed E-state index contributed by atoms with van der Waals surface area (Å²) in [7, 11) is 0. The van der Waals surface area contributed by atoms with E-state index in [4.69, 9.17) is 0 Å². The maximum absolute atomic E-state index is 13.9. The number of halogens is 1. The summed E-state index contributed by atoms with van der Waals surface area (Å²) in [6.07, 6.45) is 0.203. The standard InChI is InChI=1S/C15H21FN2O2/c1-10-3-4-12(13(16)7-10)8-14(15(19)20)18-6-5-17-11(2)9-18/h3-4,7,11,14,17H,5-6,8-9H2,1-2H3,(H,19,20)/t11-,14?/m0/s1. The molecule has 0 aliphatic carbocycles. The molecule has 1 aliphatic heterocycles. The third-order valence-electron chi connectivity index (χ3n) is 3.75. The molecule has 1 aromatic carbocycles. The van der Waals surface area contributed by atoms with Crippen molar-refractivity contribution in [1.29, 1.82) is 0 Å². The van der Waals surface area contributed by atoms with E-state index in [2.05, 4.69) is 5.32 Å². The van der Waals surface area contributed by atoms with E-state index in [-0.39, 0.29) is 18.3 Å². The second-order valence-electron chi connectivity index (χ2n) is 5.50. The first-order valence-electron chi connectivity index (χ1n) is 6.92. The highest BCUT2D eigenvalue weighted by Crippen LogP contribution is 2.16. The zero-order chi connectivity index (χ0) is 14.7. The summed E-state index contributed by atoms with van der Waals surface area (Å²) in [5, 5.41) is 12.7. The number of piperazine rings is 1. The van der Waals surface area contributed by atoms with Crippen molar-refractivity contribution in [2.45, 2.75) is 32.4 Å². The van der Waals surface area contributed by atoms with Gasteiger partial charge in [-0.15, -0.1) is 0 Å². The smallest absolute Gasteiger partial charge is 0.321 e. The molecule has 0 amide bonds. The van der Waals surface area contributed by atoms with Crippen LogP contribution in [0.3, 0.4) is 0 Å². The number of nitrogens with one attached hydrogen (secondary N) is 1. The highest BCUT2D eigenvalue weighted by atomic mass is 19.1. The van der Waals surface area contributed by atoms with Crippen LogP contribution in [0.25, 0.3) is 0 Å². The lowest BCUT2D eigenvalue weighted by Crippen LogP contribution is -2.55. The van der Waals surface area contributed by atoms with Gasteiger partial charge in [0.1, 0.15) is 11.9 Å². The monoisotopic (exact) mass is 280 g/mol. The number of carboxylic acid groups (broad SMARTS) is 1. The first-order valence-corrected chi connectivity index (χ1v) is 6.92. The summed E-state index contributed by atoms with van der Waals surface area (Å²) in [4.78, 5) is 13.4. The van der Waals surface area contributed by atoms with Gasteiger partial charge in [0.15, 0.2) is 0 Å². The van der Waals surface area contributed by atoms with E-state index in [1.54, 1.807) is 6.07 Å². The molecule has 4 nitrogen and oxygen atoms in total. The Bertz CT molecular complexity index is 493. The molecule has 110 valence electrons. The van der Waals surface area contributed by atoms with Gasteiger partial charge in [0, 0.05) is 32.1 Å². The predicted octanol–water partition coefficient (Wildman–Crippen LogP) is 1.42. The molecule has 1 aliphatic rings. The molecular weight excluding hydrogens is 259 g/mol. The minimum Gasteiger partial charge on any atom is -0.480 e. The van der Waals surface area contributed by atoms with E-state index < -0.39 is 12.0 Å². The quantitative estimate of drug-likeness (QED) is 0.876. The van der Waals surface area contributed by atoms with Crippen LogP contribution in [0, 0.1) is 12.7 Å². The predicted molar refractivity (Wildman–Crippen MR) is 75.3 cm³/mol. The van der Waals surface area contributed by atoms with Gasteiger partial charge in [0.05, 0.1) is 0 Å². The van der Waals surface area contributed by atoms with Crippen LogP contribution in [0.1, 0.15) is 18.1 Å². The minimum atomic E-state index is -0.890. The van der Waals surface area contributed by atoms with Crippen molar-refractivity contribution < 1.29 is 14.3 Å². The minimum absolute atomic E-state index is 0.203. The van der Waals surface area contributed by atoms with E-state index in [1.807, 2.05) is 24.8 Å². The molecule has 1 heterocycles. The lowest BCUT2D eigenvalue weighted by atomic mass is 10.0. The molecular formula is C15H21FN2O2. The van der Waals surface area contributed by atoms with Crippen LogP contribution in [0.15, 0.2) is 18.2 Å². The number of aliphatic carboxylic acids is 1. The number of hydrogen-bond acceptors (Lipinski definition) is 3. The van der Waals surface area contributed by atoms with Crippen LogP contribution in [-0.2, 0) is 11.2 Å². The molecule has 2 rings (SSSR count). The number of nitrogens with zero attached hydrogens (tertiary/aromatic N) is 1. The number of carbonyl (C=O) groups is 1. The van der Waals surface area contributed by atoms with Crippen LogP contribution in [-0.4, -0.2) is 47.7 Å². The number of aryl methyl sites for hydroxylation is 1. The summed E-state index contributed by atoms with van der Waals surface area (Å²) in [5.41, 5.74) is 1.31. The zero-order valence-corrected chi connectivity index (χ0v) is 11.9. The van der Waals surface area contributed by atoms with Crippen molar-refractivity contribution in [3.05, 3.63) is 35.1 Å². The molecule has 1 unspecified atom stereocenters. The van der Waals surface area contributed by atoms with Crippen molar-refractivity contribution in [2.75, 3.05) is 19.6 Å². The van der Waals surface area contributed by atoms with Crippen molar-refractivity contribution >= 4 is 5.97 Å². The van der Waals surface area contributed by atoms with Crippen LogP contribution in [0.4, 0.5) is 4.39 Å². The second-order valence-corrected chi connectivity index (χ2v) is 5.50. The molecule has 2 atom stereocenters. The molecule has 20 heavy (non-hydrogen) atoms. The summed E-state index contributed by atoms with van der Waals surface area (Å²) in [5.74, 6) is -1.21. The Hall–Kier alpha value is -1.46. The van der Waals surface area contributed by atoms with Crippen LogP contribution in [0.2, 0.25) is 0 Å². The van der Waals surface area contributed by atoms with E-state index in [9.17, 15) is 14.3 Å². The van der Waals surface area contributed by atoms with E-state index >= 15 is 0 Å². The first-order chi connectivity index (χ1) is 9.47. The van der Waals surface area contributed by atoms with Gasteiger partial charge in [-0.3, -0.25) is 9.69 Å². The third-order valence-corrected chi connectivity index (χ3v) is 3.75. The van der Waals surface area contributed by atoms with Crippen LogP contribution in [0.5, 0.6) is 0 Å². The van der Waals surface area contributed by atoms with E-state index in [0.29, 0.717) is 18.7 Å². The SMILES string of the molecule is Cc1ccc(CC(C(=O)O)N2CCN[C@@H](C)C2)c(F)c1. The molecule has 0 bridgehead atoms. The fraction of sp³-hybridized carbons (Fsp3) is 0.533. The number of hydrogen-bond donors (Lipinski definition) is 2. The largest absolute Gasteiger partial charge is 0.480 e. The van der Waals surface area contributed by atoms with E-state index in [1.165, 1.54) is 6.07 Å². The average molecular weight is 280 g/mol. The van der Waals surface area contributed by atoms with Gasteiger partial charge in [-0.25, -0.2) is 4.39 Å². The summed E-state index contributed by atoms with van der Waals surface area (Å²) in [6.45, 7) is 5.96. The molecule has 2 N–H and O–H groups in total. The van der Waals surface area contributed by atoms with Crippen molar-refractivity contribution in [2.24, 2.45) is 0 Å². The number of benzene rings is 1. The first kappa shape index (κ1) is 14.9. The lowest BCUT2D eigenvalue weighted by Gasteiger charge is -2.35. The fourth-order valence-corrected chi connectivity index (χ4v) is 2.64. The highest BCUT2D eigenvalue weighted by Gasteiger charge is 2.29. The van der Waals surface area contributed by atoms with Crippen molar-refractivity contribution in [1.82, 2.24) is 10.2 Å². The molecule has 5 heteroatoms. The fourth-order valence-electron chi connectivity index (χ4n) is 2.64. The van der Waals surface area contributed by atoms with Gasteiger partial charge >= 0.3 is 5.97 Å². The molecule has 0 aromatic heterocycles. The second kappa shape index (κ2) is 6.33. The topological polar surface area (TPSA) is 52.6 Å². The maximum Gasteiger partial charge on any atom is 0.321 e. The molecule has 1 aromatic rings. The van der Waals surface area contributed by atoms with Gasteiger partial charge < -0.3 is 10.4 Å². The molecule has 0 radical (unpaired) electrons. The Morgan fingerprint density at radius 2 is 2.35 bits per heavy atom. The molecule has 0 saturated carbocycles. The third kappa shape index (κ3) is 3.55. The van der Waals surface area contributed by atoms with Gasteiger partial charge in [0.2, 0.25) is 0 Å². The molecule has 0 spiro atoms. The number of rotatable bonds is 4. The average Bonchev–Trinajstić information content (AvgIpc) is 2.37. The van der Waals surface area contributed by atoms with Gasteiger partial charge in [0.25, 0.3) is 0 Å².